The predicted molar refractivity (Wildman–Crippen MR) is 84.5 cm³/mol. The van der Waals surface area contributed by atoms with Gasteiger partial charge in [0, 0.05) is 19.0 Å². The van der Waals surface area contributed by atoms with E-state index in [2.05, 4.69) is 5.32 Å². The van der Waals surface area contributed by atoms with Gasteiger partial charge in [-0.2, -0.15) is 0 Å². The highest BCUT2D eigenvalue weighted by Crippen LogP contribution is 2.26. The molecule has 4 nitrogen and oxygen atoms in total. The fourth-order valence-corrected chi connectivity index (χ4v) is 1.99. The number of carbonyl (C=O) groups excluding carboxylic acids is 1. The van der Waals surface area contributed by atoms with Gasteiger partial charge in [0.2, 0.25) is 5.91 Å². The number of carboxylic acid groups (broad SMARTS) is 1. The van der Waals surface area contributed by atoms with Crippen LogP contribution in [-0.2, 0) is 9.59 Å². The van der Waals surface area contributed by atoms with E-state index in [1.807, 2.05) is 6.92 Å². The molecule has 1 rings (SSSR count). The Morgan fingerprint density at radius 3 is 2.76 bits per heavy atom. The molecule has 1 atom stereocenters. The lowest BCUT2D eigenvalue weighted by Gasteiger charge is -2.10. The molecule has 0 aromatic heterocycles. The maximum absolute atomic E-state index is 11.7. The molecule has 0 saturated carbocycles. The summed E-state index contributed by atoms with van der Waals surface area (Å²) in [4.78, 5) is 22.1. The van der Waals surface area contributed by atoms with Crippen molar-refractivity contribution in [2.75, 3.05) is 6.54 Å². The SMILES string of the molecule is CC(CCC(=O)O)CNC(=O)/C=C/c1cccc(Cl)c1Cl. The molecule has 6 heteroatoms. The molecule has 21 heavy (non-hydrogen) atoms. The zero-order chi connectivity index (χ0) is 15.8. The second-order valence-electron chi connectivity index (χ2n) is 4.76. The molecule has 1 unspecified atom stereocenters. The number of nitrogens with one attached hydrogen (secondary N) is 1. The number of hydrogen-bond donors (Lipinski definition) is 2. The summed E-state index contributed by atoms with van der Waals surface area (Å²) in [7, 11) is 0. The Morgan fingerprint density at radius 1 is 1.38 bits per heavy atom. The molecule has 0 saturated heterocycles. The first-order valence-corrected chi connectivity index (χ1v) is 7.27. The first kappa shape index (κ1) is 17.5. The minimum absolute atomic E-state index is 0.102. The Morgan fingerprint density at radius 2 is 2.10 bits per heavy atom. The van der Waals surface area contributed by atoms with Crippen molar-refractivity contribution in [2.45, 2.75) is 19.8 Å². The van der Waals surface area contributed by atoms with Crippen molar-refractivity contribution in [3.8, 4) is 0 Å². The molecule has 1 aromatic carbocycles. The maximum atomic E-state index is 11.7. The van der Waals surface area contributed by atoms with E-state index in [4.69, 9.17) is 28.3 Å². The van der Waals surface area contributed by atoms with Gasteiger partial charge in [-0.15, -0.1) is 0 Å². The van der Waals surface area contributed by atoms with E-state index in [-0.39, 0.29) is 18.2 Å². The first-order valence-electron chi connectivity index (χ1n) is 6.52. The number of amides is 1. The monoisotopic (exact) mass is 329 g/mol. The molecule has 2 N–H and O–H groups in total. The Kier molecular flexibility index (Phi) is 7.26. The van der Waals surface area contributed by atoms with Crippen LogP contribution in [0.1, 0.15) is 25.3 Å². The van der Waals surface area contributed by atoms with Crippen molar-refractivity contribution in [3.63, 3.8) is 0 Å². The number of hydrogen-bond acceptors (Lipinski definition) is 2. The van der Waals surface area contributed by atoms with Crippen LogP contribution in [0, 0.1) is 5.92 Å². The summed E-state index contributed by atoms with van der Waals surface area (Å²) in [6, 6.07) is 5.18. The van der Waals surface area contributed by atoms with E-state index >= 15 is 0 Å². The summed E-state index contributed by atoms with van der Waals surface area (Å²) in [5, 5.41) is 12.1. The van der Waals surface area contributed by atoms with Crippen LogP contribution in [0.2, 0.25) is 10.0 Å². The van der Waals surface area contributed by atoms with Gasteiger partial charge >= 0.3 is 5.97 Å². The average molecular weight is 330 g/mol. The Labute approximate surface area is 133 Å². The minimum Gasteiger partial charge on any atom is -0.481 e. The van der Waals surface area contributed by atoms with Gasteiger partial charge in [-0.25, -0.2) is 0 Å². The fraction of sp³-hybridized carbons (Fsp3) is 0.333. The van der Waals surface area contributed by atoms with E-state index in [9.17, 15) is 9.59 Å². The van der Waals surface area contributed by atoms with Crippen LogP contribution in [0.25, 0.3) is 6.08 Å². The van der Waals surface area contributed by atoms with Gasteiger partial charge in [0.15, 0.2) is 0 Å². The summed E-state index contributed by atoms with van der Waals surface area (Å²) >= 11 is 11.9. The summed E-state index contributed by atoms with van der Waals surface area (Å²) < 4.78 is 0. The Hall–Kier alpha value is -1.52. The highest BCUT2D eigenvalue weighted by molar-refractivity contribution is 6.42. The lowest BCUT2D eigenvalue weighted by Crippen LogP contribution is -2.26. The summed E-state index contributed by atoms with van der Waals surface area (Å²) in [6.45, 7) is 2.32. The standard InChI is InChI=1S/C15H17Cl2NO3/c1-10(5-8-14(20)21)9-18-13(19)7-6-11-3-2-4-12(16)15(11)17/h2-4,6-7,10H,5,8-9H2,1H3,(H,18,19)(H,20,21)/b7-6+. The van der Waals surface area contributed by atoms with Gasteiger partial charge in [0.05, 0.1) is 10.0 Å². The third-order valence-corrected chi connectivity index (χ3v) is 3.71. The van der Waals surface area contributed by atoms with Crippen LogP contribution in [0.3, 0.4) is 0 Å². The van der Waals surface area contributed by atoms with Crippen LogP contribution in [0.5, 0.6) is 0 Å². The number of carboxylic acids is 1. The topological polar surface area (TPSA) is 66.4 Å². The fourth-order valence-electron chi connectivity index (χ4n) is 1.62. The van der Waals surface area contributed by atoms with Gasteiger partial charge in [-0.3, -0.25) is 9.59 Å². The van der Waals surface area contributed by atoms with Crippen LogP contribution < -0.4 is 5.32 Å². The molecular weight excluding hydrogens is 313 g/mol. The van der Waals surface area contributed by atoms with Crippen molar-refractivity contribution in [1.29, 1.82) is 0 Å². The molecular formula is C15H17Cl2NO3. The van der Waals surface area contributed by atoms with Crippen molar-refractivity contribution in [3.05, 3.63) is 39.9 Å². The van der Waals surface area contributed by atoms with Gasteiger partial charge in [0.25, 0.3) is 0 Å². The zero-order valence-electron chi connectivity index (χ0n) is 11.6. The quantitative estimate of drug-likeness (QED) is 0.751. The highest BCUT2D eigenvalue weighted by Gasteiger charge is 2.07. The number of aliphatic carboxylic acids is 1. The van der Waals surface area contributed by atoms with Gasteiger partial charge in [-0.1, -0.05) is 42.3 Å². The molecule has 1 amide bonds. The normalized spacial score (nSPS) is 12.3. The molecule has 114 valence electrons. The van der Waals surface area contributed by atoms with Gasteiger partial charge < -0.3 is 10.4 Å². The lowest BCUT2D eigenvalue weighted by molar-refractivity contribution is -0.137. The third-order valence-electron chi connectivity index (χ3n) is 2.87. The summed E-state index contributed by atoms with van der Waals surface area (Å²) in [5.74, 6) is -0.981. The van der Waals surface area contributed by atoms with Crippen LogP contribution in [0.15, 0.2) is 24.3 Å². The average Bonchev–Trinajstić information content (AvgIpc) is 2.44. The van der Waals surface area contributed by atoms with Crippen molar-refractivity contribution >= 4 is 41.2 Å². The Balaban J connectivity index is 2.45. The van der Waals surface area contributed by atoms with E-state index in [0.29, 0.717) is 28.6 Å². The summed E-state index contributed by atoms with van der Waals surface area (Å²) in [6.07, 6.45) is 3.59. The molecule has 0 bridgehead atoms. The lowest BCUT2D eigenvalue weighted by atomic mass is 10.1. The molecule has 0 radical (unpaired) electrons. The molecule has 1 aromatic rings. The number of rotatable bonds is 7. The second kappa shape index (κ2) is 8.70. The van der Waals surface area contributed by atoms with Gasteiger partial charge in [-0.05, 0) is 30.0 Å². The van der Waals surface area contributed by atoms with E-state index in [1.165, 1.54) is 6.08 Å². The molecule has 0 heterocycles. The minimum atomic E-state index is -0.830. The number of benzene rings is 1. The van der Waals surface area contributed by atoms with Crippen LogP contribution >= 0.6 is 23.2 Å². The molecule has 0 aliphatic carbocycles. The van der Waals surface area contributed by atoms with Crippen molar-refractivity contribution < 1.29 is 14.7 Å². The van der Waals surface area contributed by atoms with Gasteiger partial charge in [0.1, 0.15) is 0 Å². The predicted octanol–water partition coefficient (Wildman–Crippen LogP) is 3.62. The molecule has 0 aliphatic rings. The summed E-state index contributed by atoms with van der Waals surface area (Å²) in [5.41, 5.74) is 0.665. The van der Waals surface area contributed by atoms with E-state index in [1.54, 1.807) is 24.3 Å². The highest BCUT2D eigenvalue weighted by atomic mass is 35.5. The smallest absolute Gasteiger partial charge is 0.303 e. The van der Waals surface area contributed by atoms with Crippen LogP contribution in [-0.4, -0.2) is 23.5 Å². The van der Waals surface area contributed by atoms with Crippen LogP contribution in [0.4, 0.5) is 0 Å². The Bertz CT molecular complexity index is 544. The maximum Gasteiger partial charge on any atom is 0.303 e. The molecule has 0 spiro atoms. The zero-order valence-corrected chi connectivity index (χ0v) is 13.1. The number of halogens is 2. The van der Waals surface area contributed by atoms with Crippen molar-refractivity contribution in [2.24, 2.45) is 5.92 Å². The molecule has 0 aliphatic heterocycles. The third kappa shape index (κ3) is 6.65. The molecule has 0 fully saturated rings. The van der Waals surface area contributed by atoms with Crippen molar-refractivity contribution in [1.82, 2.24) is 5.32 Å². The second-order valence-corrected chi connectivity index (χ2v) is 5.54. The largest absolute Gasteiger partial charge is 0.481 e. The number of carbonyl (C=O) groups is 2. The van der Waals surface area contributed by atoms with E-state index < -0.39 is 5.97 Å². The van der Waals surface area contributed by atoms with E-state index in [0.717, 1.165) is 0 Å². The first-order chi connectivity index (χ1) is 9.90.